The van der Waals surface area contributed by atoms with Crippen LogP contribution in [0.3, 0.4) is 0 Å². The summed E-state index contributed by atoms with van der Waals surface area (Å²) < 4.78 is 0. The Morgan fingerprint density at radius 1 is 1.30 bits per heavy atom. The molecular formula is C13H17N9O. The molecule has 3 heterocycles. The monoisotopic (exact) mass is 315 g/mol. The number of primary amides is 1. The van der Waals surface area contributed by atoms with Gasteiger partial charge in [-0.3, -0.25) is 20.8 Å². The molecule has 7 N–H and O–H groups in total. The first-order valence-corrected chi connectivity index (χ1v) is 6.73. The largest absolute Gasteiger partial charge is 0.366 e. The predicted molar refractivity (Wildman–Crippen MR) is 88.6 cm³/mol. The minimum Gasteiger partial charge on any atom is -0.366 e. The molecule has 10 nitrogen and oxygen atoms in total. The molecule has 1 aromatic heterocycles. The van der Waals surface area contributed by atoms with Gasteiger partial charge in [-0.05, 0) is 12.1 Å². The number of carbonyl (C=O) groups is 1. The molecule has 0 bridgehead atoms. The Balaban J connectivity index is 0.000000185. The average Bonchev–Trinajstić information content (AvgIpc) is 3.05. The van der Waals surface area contributed by atoms with Crippen molar-refractivity contribution in [3.05, 3.63) is 30.1 Å². The maximum atomic E-state index is 10.4. The topological polar surface area (TPSA) is 169 Å². The molecular weight excluding hydrogens is 298 g/mol. The number of amidine groups is 1. The number of aromatic nitrogens is 1. The standard InChI is InChI=1S/C7H11N7.C6H6N2O/c8-1-2-13-7(9)5-6(11-3-10-5)12-4-14-7;7-6(9)5-2-1-3-8-4-5/h3-4,13H,1-2,8-9H2;1-4H,(H2,7,9). The van der Waals surface area contributed by atoms with Gasteiger partial charge in [0.25, 0.3) is 0 Å². The van der Waals surface area contributed by atoms with E-state index in [4.69, 9.17) is 17.2 Å². The van der Waals surface area contributed by atoms with Crippen molar-refractivity contribution in [3.63, 3.8) is 0 Å². The summed E-state index contributed by atoms with van der Waals surface area (Å²) in [6, 6.07) is 3.29. The number of fused-ring (bicyclic) bond motifs is 1. The van der Waals surface area contributed by atoms with E-state index in [1.54, 1.807) is 18.3 Å². The number of nitrogens with zero attached hydrogens (tertiary/aromatic N) is 5. The number of pyridine rings is 1. The lowest BCUT2D eigenvalue weighted by atomic mass is 10.2. The molecule has 23 heavy (non-hydrogen) atoms. The summed E-state index contributed by atoms with van der Waals surface area (Å²) >= 11 is 0. The van der Waals surface area contributed by atoms with Crippen LogP contribution in [0.5, 0.6) is 0 Å². The second-order valence-electron chi connectivity index (χ2n) is 4.51. The van der Waals surface area contributed by atoms with E-state index >= 15 is 0 Å². The van der Waals surface area contributed by atoms with Crippen LogP contribution in [0.4, 0.5) is 0 Å². The van der Waals surface area contributed by atoms with Gasteiger partial charge >= 0.3 is 0 Å². The first kappa shape index (κ1) is 16.5. The van der Waals surface area contributed by atoms with E-state index in [1.807, 2.05) is 0 Å². The Morgan fingerprint density at radius 2 is 2.13 bits per heavy atom. The highest BCUT2D eigenvalue weighted by atomic mass is 16.1. The van der Waals surface area contributed by atoms with E-state index in [-0.39, 0.29) is 0 Å². The molecule has 10 heteroatoms. The lowest BCUT2D eigenvalue weighted by Crippen LogP contribution is -2.61. The van der Waals surface area contributed by atoms with Crippen LogP contribution in [0.25, 0.3) is 0 Å². The molecule has 2 aliphatic rings. The molecule has 0 aliphatic carbocycles. The Kier molecular flexibility index (Phi) is 5.36. The van der Waals surface area contributed by atoms with Crippen molar-refractivity contribution in [3.8, 4) is 0 Å². The Hall–Kier alpha value is -2.82. The molecule has 0 saturated carbocycles. The molecule has 0 saturated heterocycles. The molecule has 0 fully saturated rings. The zero-order valence-corrected chi connectivity index (χ0v) is 12.3. The van der Waals surface area contributed by atoms with Gasteiger partial charge in [-0.1, -0.05) is 0 Å². The van der Waals surface area contributed by atoms with Crippen molar-refractivity contribution in [1.82, 2.24) is 10.3 Å². The number of hydrogen-bond donors (Lipinski definition) is 4. The fourth-order valence-corrected chi connectivity index (χ4v) is 1.76. The van der Waals surface area contributed by atoms with Crippen LogP contribution in [0.15, 0.2) is 44.5 Å². The third kappa shape index (κ3) is 4.10. The highest BCUT2D eigenvalue weighted by Gasteiger charge is 2.36. The zero-order valence-electron chi connectivity index (χ0n) is 12.3. The second-order valence-corrected chi connectivity index (χ2v) is 4.51. The van der Waals surface area contributed by atoms with Crippen LogP contribution in [0, 0.1) is 0 Å². The quantitative estimate of drug-likeness (QED) is 0.482. The normalized spacial score (nSPS) is 21.0. The van der Waals surface area contributed by atoms with E-state index in [1.165, 1.54) is 18.9 Å². The van der Waals surface area contributed by atoms with E-state index in [9.17, 15) is 4.79 Å². The number of amides is 1. The van der Waals surface area contributed by atoms with E-state index in [0.29, 0.717) is 30.2 Å². The number of rotatable bonds is 4. The summed E-state index contributed by atoms with van der Waals surface area (Å²) in [5.74, 6) is -0.970. The van der Waals surface area contributed by atoms with Crippen molar-refractivity contribution in [1.29, 1.82) is 0 Å². The average molecular weight is 315 g/mol. The number of carbonyl (C=O) groups excluding carboxylic acids is 1. The fourth-order valence-electron chi connectivity index (χ4n) is 1.76. The van der Waals surface area contributed by atoms with Gasteiger partial charge in [0.05, 0.1) is 5.56 Å². The maximum Gasteiger partial charge on any atom is 0.250 e. The Labute approximate surface area is 132 Å². The second kappa shape index (κ2) is 7.45. The highest BCUT2D eigenvalue weighted by molar-refractivity contribution is 6.50. The number of nitrogens with one attached hydrogen (secondary N) is 1. The van der Waals surface area contributed by atoms with Crippen molar-refractivity contribution in [2.45, 2.75) is 5.79 Å². The van der Waals surface area contributed by atoms with Gasteiger partial charge in [0.15, 0.2) is 5.84 Å². The van der Waals surface area contributed by atoms with Crippen LogP contribution in [0.1, 0.15) is 10.4 Å². The summed E-state index contributed by atoms with van der Waals surface area (Å²) in [5, 5.41) is 2.98. The minimum atomic E-state index is -1.03. The van der Waals surface area contributed by atoms with Crippen LogP contribution in [-0.4, -0.2) is 54.0 Å². The lowest BCUT2D eigenvalue weighted by Gasteiger charge is -2.27. The lowest BCUT2D eigenvalue weighted by molar-refractivity contribution is 0.1000. The highest BCUT2D eigenvalue weighted by Crippen LogP contribution is 2.11. The SMILES string of the molecule is NC(=O)c1cccnc1.NCCNC1(N)N=CN=C2N=CN=C21. The van der Waals surface area contributed by atoms with Gasteiger partial charge in [0.2, 0.25) is 11.7 Å². The number of aliphatic imine (C=N–C) groups is 4. The molecule has 1 aromatic rings. The summed E-state index contributed by atoms with van der Waals surface area (Å²) in [4.78, 5) is 30.0. The first-order valence-electron chi connectivity index (χ1n) is 6.73. The number of nitrogens with two attached hydrogens (primary N) is 3. The molecule has 1 unspecified atom stereocenters. The molecule has 1 amide bonds. The van der Waals surface area contributed by atoms with Gasteiger partial charge < -0.3 is 11.5 Å². The smallest absolute Gasteiger partial charge is 0.250 e. The van der Waals surface area contributed by atoms with Crippen molar-refractivity contribution in [2.75, 3.05) is 13.1 Å². The third-order valence-electron chi connectivity index (χ3n) is 2.87. The van der Waals surface area contributed by atoms with E-state index in [2.05, 4.69) is 30.3 Å². The summed E-state index contributed by atoms with van der Waals surface area (Å²) in [6.45, 7) is 1.04. The van der Waals surface area contributed by atoms with Crippen LogP contribution in [0.2, 0.25) is 0 Å². The van der Waals surface area contributed by atoms with Crippen LogP contribution in [-0.2, 0) is 0 Å². The molecule has 0 spiro atoms. The molecule has 120 valence electrons. The predicted octanol–water partition coefficient (Wildman–Crippen LogP) is -1.75. The molecule has 0 radical (unpaired) electrons. The van der Waals surface area contributed by atoms with Gasteiger partial charge in [-0.2, -0.15) is 0 Å². The van der Waals surface area contributed by atoms with E-state index in [0.717, 1.165) is 0 Å². The molecule has 0 aromatic carbocycles. The summed E-state index contributed by atoms with van der Waals surface area (Å²) in [6.07, 6.45) is 5.81. The first-order chi connectivity index (χ1) is 11.1. The third-order valence-corrected chi connectivity index (χ3v) is 2.87. The summed E-state index contributed by atoms with van der Waals surface area (Å²) in [7, 11) is 0. The fraction of sp³-hybridized carbons (Fsp3) is 0.231. The van der Waals surface area contributed by atoms with Crippen LogP contribution < -0.4 is 22.5 Å². The molecule has 1 atom stereocenters. The summed E-state index contributed by atoms with van der Waals surface area (Å²) in [5.41, 5.74) is 17.3. The Morgan fingerprint density at radius 3 is 2.74 bits per heavy atom. The minimum absolute atomic E-state index is 0.442. The van der Waals surface area contributed by atoms with E-state index < -0.39 is 11.7 Å². The van der Waals surface area contributed by atoms with Gasteiger partial charge in [0, 0.05) is 25.5 Å². The van der Waals surface area contributed by atoms with Crippen molar-refractivity contribution in [2.24, 2.45) is 37.2 Å². The maximum absolute atomic E-state index is 10.4. The van der Waals surface area contributed by atoms with Crippen LogP contribution >= 0.6 is 0 Å². The Bertz CT molecular complexity index is 680. The number of hydrogen-bond acceptors (Lipinski definition) is 9. The van der Waals surface area contributed by atoms with Crippen molar-refractivity contribution < 1.29 is 4.79 Å². The zero-order chi connectivity index (χ0) is 16.7. The molecule has 3 rings (SSSR count). The molecule has 2 aliphatic heterocycles. The van der Waals surface area contributed by atoms with Gasteiger partial charge in [0.1, 0.15) is 18.4 Å². The van der Waals surface area contributed by atoms with Gasteiger partial charge in [-0.25, -0.2) is 20.0 Å². The van der Waals surface area contributed by atoms with Crippen molar-refractivity contribution >= 4 is 30.1 Å². The van der Waals surface area contributed by atoms with Gasteiger partial charge in [-0.15, -0.1) is 0 Å².